The lowest BCUT2D eigenvalue weighted by molar-refractivity contribution is -0.153. The van der Waals surface area contributed by atoms with E-state index in [1.54, 1.807) is 25.3 Å². The molecule has 1 aliphatic heterocycles. The van der Waals surface area contributed by atoms with Gasteiger partial charge in [0.25, 0.3) is 0 Å². The van der Waals surface area contributed by atoms with Crippen LogP contribution in [0.2, 0.25) is 5.02 Å². The zero-order valence-corrected chi connectivity index (χ0v) is 21.5. The molecule has 0 radical (unpaired) electrons. The summed E-state index contributed by atoms with van der Waals surface area (Å²) in [5, 5.41) is 22.2. The molecule has 4 rings (SSSR count). The van der Waals surface area contributed by atoms with Crippen LogP contribution in [-0.4, -0.2) is 52.8 Å². The minimum absolute atomic E-state index is 0.0910. The maximum atomic E-state index is 13.9. The number of hydrogen-bond donors (Lipinski definition) is 2. The van der Waals surface area contributed by atoms with E-state index in [9.17, 15) is 23.8 Å². The molecular formula is C28H31ClF2N2O4. The number of hydrogen-bond acceptors (Lipinski definition) is 5. The SMILES string of the molecule is COc1ccc2ncc(Cl)c([C@H](O)CCC3(C(=O)O)CCN(CCCc4c(F)cccc4F)CC3)c2c1. The third-order valence-corrected chi connectivity index (χ3v) is 7.83. The largest absolute Gasteiger partial charge is 0.497 e. The van der Waals surface area contributed by atoms with Crippen molar-refractivity contribution in [2.75, 3.05) is 26.7 Å². The standard InChI is InChI=1S/C28H31ClF2N2O4/c1-37-18-7-8-24-20(16-18)26(21(29)17-32-24)25(34)9-10-28(27(35)36)11-14-33(15-12-28)13-3-4-19-22(30)5-2-6-23(19)31/h2,5-8,16-17,25,34H,3-4,9-15H2,1H3,(H,35,36)/t25-/m1/s1. The van der Waals surface area contributed by atoms with Crippen molar-refractivity contribution in [3.05, 3.63) is 70.4 Å². The summed E-state index contributed by atoms with van der Waals surface area (Å²) in [5.41, 5.74) is 0.315. The van der Waals surface area contributed by atoms with E-state index in [4.69, 9.17) is 16.3 Å². The lowest BCUT2D eigenvalue weighted by Gasteiger charge is -2.39. The normalized spacial score (nSPS) is 16.6. The summed E-state index contributed by atoms with van der Waals surface area (Å²) < 4.78 is 33.0. The Morgan fingerprint density at radius 1 is 1.22 bits per heavy atom. The van der Waals surface area contributed by atoms with Gasteiger partial charge in [-0.3, -0.25) is 9.78 Å². The number of aliphatic hydroxyl groups excluding tert-OH is 1. The van der Waals surface area contributed by atoms with Gasteiger partial charge < -0.3 is 19.8 Å². The predicted octanol–water partition coefficient (Wildman–Crippen LogP) is 5.79. The molecule has 0 bridgehead atoms. The Morgan fingerprint density at radius 2 is 1.92 bits per heavy atom. The molecule has 1 atom stereocenters. The van der Waals surface area contributed by atoms with E-state index < -0.39 is 29.1 Å². The minimum Gasteiger partial charge on any atom is -0.497 e. The Morgan fingerprint density at radius 3 is 2.57 bits per heavy atom. The molecule has 9 heteroatoms. The first-order valence-electron chi connectivity index (χ1n) is 12.4. The van der Waals surface area contributed by atoms with Gasteiger partial charge in [0.1, 0.15) is 17.4 Å². The maximum Gasteiger partial charge on any atom is 0.309 e. The van der Waals surface area contributed by atoms with E-state index in [-0.39, 0.29) is 18.4 Å². The average molecular weight is 533 g/mol. The van der Waals surface area contributed by atoms with Gasteiger partial charge in [-0.2, -0.15) is 0 Å². The average Bonchev–Trinajstić information content (AvgIpc) is 2.89. The van der Waals surface area contributed by atoms with E-state index in [2.05, 4.69) is 9.88 Å². The van der Waals surface area contributed by atoms with Crippen LogP contribution in [0.4, 0.5) is 8.78 Å². The second-order valence-electron chi connectivity index (χ2n) is 9.69. The van der Waals surface area contributed by atoms with Gasteiger partial charge in [-0.25, -0.2) is 8.78 Å². The number of piperidine rings is 1. The third kappa shape index (κ3) is 6.03. The molecule has 1 aromatic heterocycles. The van der Waals surface area contributed by atoms with E-state index in [0.29, 0.717) is 72.6 Å². The van der Waals surface area contributed by atoms with Gasteiger partial charge in [0.15, 0.2) is 0 Å². The fourth-order valence-corrected chi connectivity index (χ4v) is 5.49. The molecule has 0 unspecified atom stereocenters. The monoisotopic (exact) mass is 532 g/mol. The molecule has 6 nitrogen and oxygen atoms in total. The Hall–Kier alpha value is -2.81. The Bertz CT molecular complexity index is 1240. The molecule has 0 saturated carbocycles. The number of halogens is 3. The predicted molar refractivity (Wildman–Crippen MR) is 138 cm³/mol. The number of carboxylic acids is 1. The van der Waals surface area contributed by atoms with Crippen molar-refractivity contribution in [2.45, 2.75) is 44.6 Å². The molecule has 1 saturated heterocycles. The Kier molecular flexibility index (Phi) is 8.62. The highest BCUT2D eigenvalue weighted by Crippen LogP contribution is 2.41. The highest BCUT2D eigenvalue weighted by molar-refractivity contribution is 6.32. The van der Waals surface area contributed by atoms with Crippen molar-refractivity contribution >= 4 is 28.5 Å². The number of carboxylic acid groups (broad SMARTS) is 1. The quantitative estimate of drug-likeness (QED) is 0.344. The van der Waals surface area contributed by atoms with Gasteiger partial charge in [-0.1, -0.05) is 17.7 Å². The van der Waals surface area contributed by atoms with Crippen molar-refractivity contribution in [3.8, 4) is 5.75 Å². The number of nitrogens with zero attached hydrogens (tertiary/aromatic N) is 2. The highest BCUT2D eigenvalue weighted by atomic mass is 35.5. The van der Waals surface area contributed by atoms with Crippen LogP contribution in [0, 0.1) is 17.0 Å². The summed E-state index contributed by atoms with van der Waals surface area (Å²) in [6.07, 6.45) is 2.79. The van der Waals surface area contributed by atoms with Crippen molar-refractivity contribution in [1.82, 2.24) is 9.88 Å². The lowest BCUT2D eigenvalue weighted by atomic mass is 9.74. The van der Waals surface area contributed by atoms with Crippen LogP contribution in [0.15, 0.2) is 42.6 Å². The minimum atomic E-state index is -0.963. The fourth-order valence-electron chi connectivity index (χ4n) is 5.22. The third-order valence-electron chi connectivity index (χ3n) is 7.53. The number of benzene rings is 2. The van der Waals surface area contributed by atoms with Gasteiger partial charge in [-0.05, 0) is 88.5 Å². The molecular weight excluding hydrogens is 502 g/mol. The number of fused-ring (bicyclic) bond motifs is 1. The number of aliphatic hydroxyl groups is 1. The molecule has 198 valence electrons. The van der Waals surface area contributed by atoms with Crippen LogP contribution in [0.3, 0.4) is 0 Å². The molecule has 2 aromatic carbocycles. The van der Waals surface area contributed by atoms with Crippen LogP contribution in [-0.2, 0) is 11.2 Å². The van der Waals surface area contributed by atoms with Gasteiger partial charge in [0.05, 0.1) is 29.2 Å². The van der Waals surface area contributed by atoms with E-state index in [1.165, 1.54) is 24.4 Å². The zero-order chi connectivity index (χ0) is 26.6. The van der Waals surface area contributed by atoms with Gasteiger partial charge in [0, 0.05) is 22.7 Å². The van der Waals surface area contributed by atoms with Crippen molar-refractivity contribution in [2.24, 2.45) is 5.41 Å². The van der Waals surface area contributed by atoms with Crippen molar-refractivity contribution in [1.29, 1.82) is 0 Å². The summed E-state index contributed by atoms with van der Waals surface area (Å²) in [7, 11) is 1.55. The molecule has 2 heterocycles. The summed E-state index contributed by atoms with van der Waals surface area (Å²) in [4.78, 5) is 18.8. The molecule has 1 fully saturated rings. The maximum absolute atomic E-state index is 13.9. The lowest BCUT2D eigenvalue weighted by Crippen LogP contribution is -2.44. The number of methoxy groups -OCH3 is 1. The van der Waals surface area contributed by atoms with Crippen LogP contribution in [0.25, 0.3) is 10.9 Å². The second kappa shape index (κ2) is 11.7. The summed E-state index contributed by atoms with van der Waals surface area (Å²) in [6, 6.07) is 9.20. The zero-order valence-electron chi connectivity index (χ0n) is 20.7. The number of pyridine rings is 1. The Balaban J connectivity index is 1.38. The summed E-state index contributed by atoms with van der Waals surface area (Å²) in [6.45, 7) is 1.77. The van der Waals surface area contributed by atoms with Gasteiger partial charge in [0.2, 0.25) is 0 Å². The molecule has 0 amide bonds. The smallest absolute Gasteiger partial charge is 0.309 e. The molecule has 1 aliphatic rings. The van der Waals surface area contributed by atoms with Crippen LogP contribution < -0.4 is 4.74 Å². The van der Waals surface area contributed by atoms with Gasteiger partial charge >= 0.3 is 5.97 Å². The molecule has 2 N–H and O–H groups in total. The number of ether oxygens (including phenoxy) is 1. The summed E-state index contributed by atoms with van der Waals surface area (Å²) in [5.74, 6) is -1.34. The highest BCUT2D eigenvalue weighted by Gasteiger charge is 2.41. The first kappa shape index (κ1) is 27.2. The van der Waals surface area contributed by atoms with E-state index in [0.717, 1.165) is 0 Å². The van der Waals surface area contributed by atoms with Crippen LogP contribution in [0.1, 0.15) is 49.3 Å². The number of rotatable bonds is 10. The van der Waals surface area contributed by atoms with E-state index in [1.807, 2.05) is 0 Å². The van der Waals surface area contributed by atoms with Crippen molar-refractivity contribution < 1.29 is 28.5 Å². The summed E-state index contributed by atoms with van der Waals surface area (Å²) >= 11 is 6.41. The molecule has 0 spiro atoms. The first-order valence-corrected chi connectivity index (χ1v) is 12.8. The van der Waals surface area contributed by atoms with E-state index >= 15 is 0 Å². The van der Waals surface area contributed by atoms with Crippen LogP contribution in [0.5, 0.6) is 5.75 Å². The topological polar surface area (TPSA) is 82.9 Å². The fraction of sp³-hybridized carbons (Fsp3) is 0.429. The number of likely N-dealkylation sites (tertiary alicyclic amines) is 1. The number of aromatic nitrogens is 1. The number of carbonyl (C=O) groups is 1. The second-order valence-corrected chi connectivity index (χ2v) is 10.1. The number of aliphatic carboxylic acids is 1. The Labute approximate surface area is 219 Å². The van der Waals surface area contributed by atoms with Crippen LogP contribution >= 0.6 is 11.6 Å². The van der Waals surface area contributed by atoms with Crippen molar-refractivity contribution in [3.63, 3.8) is 0 Å². The van der Waals surface area contributed by atoms with Gasteiger partial charge in [-0.15, -0.1) is 0 Å². The molecule has 0 aliphatic carbocycles. The molecule has 3 aromatic rings. The first-order chi connectivity index (χ1) is 17.7. The molecule has 37 heavy (non-hydrogen) atoms.